The molecule has 0 heterocycles. The molecule has 0 spiro atoms. The highest BCUT2D eigenvalue weighted by atomic mass is 14.7. The van der Waals surface area contributed by atoms with Crippen molar-refractivity contribution in [2.24, 2.45) is 10.9 Å². The molecule has 0 rings (SSSR count). The van der Waals surface area contributed by atoms with Crippen LogP contribution in [0.3, 0.4) is 0 Å². The summed E-state index contributed by atoms with van der Waals surface area (Å²) in [5.74, 6) is 0.501. The molecule has 0 saturated carbocycles. The summed E-state index contributed by atoms with van der Waals surface area (Å²) >= 11 is 0. The molecule has 0 aromatic rings. The smallest absolute Gasteiger partial charge is 0.0370 e. The first-order valence-corrected chi connectivity index (χ1v) is 3.48. The lowest BCUT2D eigenvalue weighted by molar-refractivity contribution is 0.886. The molecular formula is C9H15N. The third-order valence-electron chi connectivity index (χ3n) is 1.25. The van der Waals surface area contributed by atoms with Crippen LogP contribution in [0.5, 0.6) is 0 Å². The van der Waals surface area contributed by atoms with E-state index in [-0.39, 0.29) is 0 Å². The van der Waals surface area contributed by atoms with Crippen LogP contribution in [0.1, 0.15) is 13.8 Å². The van der Waals surface area contributed by atoms with Crippen molar-refractivity contribution in [2.45, 2.75) is 13.8 Å². The van der Waals surface area contributed by atoms with Gasteiger partial charge in [-0.05, 0) is 12.0 Å². The van der Waals surface area contributed by atoms with Gasteiger partial charge in [0.05, 0.1) is 0 Å². The number of rotatable bonds is 3. The van der Waals surface area contributed by atoms with Gasteiger partial charge in [0.15, 0.2) is 0 Å². The number of aliphatic imine (C=N–C) groups is 1. The molecule has 0 bridgehead atoms. The Balaban J connectivity index is 4.10. The summed E-state index contributed by atoms with van der Waals surface area (Å²) in [4.78, 5) is 4.11. The van der Waals surface area contributed by atoms with E-state index in [1.54, 1.807) is 6.08 Å². The molecule has 0 radical (unpaired) electrons. The standard InChI is InChI=1S/C9H15N/c1-5-6-7-9(10-4)8(2)3/h5-8H,1H2,2-4H3/b7-6-,10-9?. The van der Waals surface area contributed by atoms with Crippen LogP contribution in [0.25, 0.3) is 0 Å². The summed E-state index contributed by atoms with van der Waals surface area (Å²) in [6.07, 6.45) is 5.65. The first-order valence-electron chi connectivity index (χ1n) is 3.48. The van der Waals surface area contributed by atoms with Crippen LogP contribution >= 0.6 is 0 Å². The molecule has 0 aromatic carbocycles. The Morgan fingerprint density at radius 1 is 1.50 bits per heavy atom. The molecule has 0 N–H and O–H groups in total. The average Bonchev–Trinajstić information content (AvgIpc) is 1.89. The van der Waals surface area contributed by atoms with Gasteiger partial charge in [-0.25, -0.2) is 0 Å². The van der Waals surface area contributed by atoms with Gasteiger partial charge in [0.2, 0.25) is 0 Å². The second kappa shape index (κ2) is 4.98. The third kappa shape index (κ3) is 3.23. The number of hydrogen-bond acceptors (Lipinski definition) is 1. The fourth-order valence-electron chi connectivity index (χ4n) is 0.692. The largest absolute Gasteiger partial charge is 0.293 e. The second-order valence-corrected chi connectivity index (χ2v) is 2.40. The van der Waals surface area contributed by atoms with Crippen LogP contribution in [0.4, 0.5) is 0 Å². The predicted molar refractivity (Wildman–Crippen MR) is 47.5 cm³/mol. The minimum absolute atomic E-state index is 0.501. The molecular weight excluding hydrogens is 122 g/mol. The van der Waals surface area contributed by atoms with Crippen LogP contribution in [0.15, 0.2) is 29.8 Å². The SMILES string of the molecule is C=C/C=C\C(=NC)C(C)C. The number of hydrogen-bond donors (Lipinski definition) is 0. The molecule has 56 valence electrons. The maximum absolute atomic E-state index is 4.11. The molecule has 0 aliphatic heterocycles. The maximum atomic E-state index is 4.11. The highest BCUT2D eigenvalue weighted by Crippen LogP contribution is 1.97. The van der Waals surface area contributed by atoms with Gasteiger partial charge in [-0.1, -0.05) is 32.6 Å². The van der Waals surface area contributed by atoms with Crippen molar-refractivity contribution in [2.75, 3.05) is 7.05 Å². The summed E-state index contributed by atoms with van der Waals surface area (Å²) in [6, 6.07) is 0. The van der Waals surface area contributed by atoms with E-state index < -0.39 is 0 Å². The highest BCUT2D eigenvalue weighted by Gasteiger charge is 1.96. The van der Waals surface area contributed by atoms with Crippen molar-refractivity contribution < 1.29 is 0 Å². The van der Waals surface area contributed by atoms with Crippen molar-refractivity contribution in [1.29, 1.82) is 0 Å². The Morgan fingerprint density at radius 3 is 2.40 bits per heavy atom. The first-order chi connectivity index (χ1) is 4.72. The van der Waals surface area contributed by atoms with Gasteiger partial charge in [0.1, 0.15) is 0 Å². The zero-order valence-electron chi connectivity index (χ0n) is 6.96. The Bertz CT molecular complexity index is 152. The van der Waals surface area contributed by atoms with Gasteiger partial charge in [-0.2, -0.15) is 0 Å². The predicted octanol–water partition coefficient (Wildman–Crippen LogP) is 2.46. The monoisotopic (exact) mass is 137 g/mol. The summed E-state index contributed by atoms with van der Waals surface area (Å²) in [7, 11) is 1.81. The Hall–Kier alpha value is -0.850. The van der Waals surface area contributed by atoms with Crippen molar-refractivity contribution in [3.05, 3.63) is 24.8 Å². The minimum atomic E-state index is 0.501. The fourth-order valence-corrected chi connectivity index (χ4v) is 0.692. The summed E-state index contributed by atoms with van der Waals surface area (Å²) < 4.78 is 0. The third-order valence-corrected chi connectivity index (χ3v) is 1.25. The van der Waals surface area contributed by atoms with E-state index >= 15 is 0 Å². The van der Waals surface area contributed by atoms with Crippen molar-refractivity contribution in [1.82, 2.24) is 0 Å². The molecule has 0 atom stereocenters. The van der Waals surface area contributed by atoms with Crippen LogP contribution in [-0.4, -0.2) is 12.8 Å². The normalized spacial score (nSPS) is 13.0. The molecule has 1 heteroatoms. The molecule has 0 aromatic heterocycles. The maximum Gasteiger partial charge on any atom is 0.0370 e. The molecule has 10 heavy (non-hydrogen) atoms. The lowest BCUT2D eigenvalue weighted by Crippen LogP contribution is -2.02. The van der Waals surface area contributed by atoms with Crippen LogP contribution < -0.4 is 0 Å². The van der Waals surface area contributed by atoms with E-state index in [9.17, 15) is 0 Å². The first kappa shape index (κ1) is 9.15. The van der Waals surface area contributed by atoms with E-state index in [4.69, 9.17) is 0 Å². The van der Waals surface area contributed by atoms with Gasteiger partial charge < -0.3 is 0 Å². The van der Waals surface area contributed by atoms with E-state index in [0.717, 1.165) is 5.71 Å². The molecule has 1 nitrogen and oxygen atoms in total. The van der Waals surface area contributed by atoms with Crippen LogP contribution in [0.2, 0.25) is 0 Å². The van der Waals surface area contributed by atoms with Gasteiger partial charge in [-0.3, -0.25) is 4.99 Å². The minimum Gasteiger partial charge on any atom is -0.293 e. The van der Waals surface area contributed by atoms with Gasteiger partial charge >= 0.3 is 0 Å². The van der Waals surface area contributed by atoms with Crippen molar-refractivity contribution >= 4 is 5.71 Å². The van der Waals surface area contributed by atoms with Crippen molar-refractivity contribution in [3.8, 4) is 0 Å². The average molecular weight is 137 g/mol. The fraction of sp³-hybridized carbons (Fsp3) is 0.444. The molecule has 0 unspecified atom stereocenters. The molecule has 0 fully saturated rings. The molecule has 0 amide bonds. The van der Waals surface area contributed by atoms with Gasteiger partial charge in [0.25, 0.3) is 0 Å². The number of nitrogens with zero attached hydrogens (tertiary/aromatic N) is 1. The summed E-state index contributed by atoms with van der Waals surface area (Å²) in [5, 5.41) is 0. The summed E-state index contributed by atoms with van der Waals surface area (Å²) in [5.41, 5.74) is 1.11. The lowest BCUT2D eigenvalue weighted by Gasteiger charge is -2.01. The quantitative estimate of drug-likeness (QED) is 0.418. The van der Waals surface area contributed by atoms with Crippen LogP contribution in [-0.2, 0) is 0 Å². The zero-order chi connectivity index (χ0) is 7.98. The van der Waals surface area contributed by atoms with E-state index in [1.807, 2.05) is 19.2 Å². The Kier molecular flexibility index (Phi) is 4.55. The van der Waals surface area contributed by atoms with Gasteiger partial charge in [-0.15, -0.1) is 0 Å². The van der Waals surface area contributed by atoms with E-state index in [1.165, 1.54) is 0 Å². The summed E-state index contributed by atoms with van der Waals surface area (Å²) in [6.45, 7) is 7.83. The topological polar surface area (TPSA) is 12.4 Å². The molecule has 0 saturated heterocycles. The second-order valence-electron chi connectivity index (χ2n) is 2.40. The number of allylic oxidation sites excluding steroid dienone is 3. The van der Waals surface area contributed by atoms with Crippen LogP contribution in [0, 0.1) is 5.92 Å². The zero-order valence-corrected chi connectivity index (χ0v) is 6.96. The molecule has 0 aliphatic rings. The molecule has 0 aliphatic carbocycles. The van der Waals surface area contributed by atoms with Gasteiger partial charge in [0, 0.05) is 12.8 Å². The Labute approximate surface area is 63.2 Å². The van der Waals surface area contributed by atoms with E-state index in [2.05, 4.69) is 25.4 Å². The lowest BCUT2D eigenvalue weighted by atomic mass is 10.1. The highest BCUT2D eigenvalue weighted by molar-refractivity contribution is 5.96. The Morgan fingerprint density at radius 2 is 2.10 bits per heavy atom. The van der Waals surface area contributed by atoms with Crippen molar-refractivity contribution in [3.63, 3.8) is 0 Å². The van der Waals surface area contributed by atoms with E-state index in [0.29, 0.717) is 5.92 Å².